The normalized spacial score (nSPS) is 10.3. The van der Waals surface area contributed by atoms with Crippen LogP contribution in [0.25, 0.3) is 0 Å². The summed E-state index contributed by atoms with van der Waals surface area (Å²) in [5.74, 6) is -0.0661. The Morgan fingerprint density at radius 1 is 1.36 bits per heavy atom. The van der Waals surface area contributed by atoms with Gasteiger partial charge in [0.1, 0.15) is 5.82 Å². The van der Waals surface area contributed by atoms with E-state index in [4.69, 9.17) is 21.6 Å². The molecule has 0 saturated carbocycles. The van der Waals surface area contributed by atoms with Gasteiger partial charge < -0.3 is 10.0 Å². The Morgan fingerprint density at radius 3 is 2.64 bits per heavy atom. The second kappa shape index (κ2) is 5.34. The highest BCUT2D eigenvalue weighted by Gasteiger charge is 2.16. The van der Waals surface area contributed by atoms with Crippen molar-refractivity contribution in [3.05, 3.63) is 29.6 Å². The maximum Gasteiger partial charge on any atom is 0.491 e. The monoisotopic (exact) mass is 216 g/mol. The zero-order valence-electron chi connectivity index (χ0n) is 7.58. The van der Waals surface area contributed by atoms with E-state index in [9.17, 15) is 4.39 Å². The molecule has 0 aliphatic carbocycles. The van der Waals surface area contributed by atoms with Crippen molar-refractivity contribution in [2.75, 3.05) is 5.88 Å². The molecule has 76 valence electrons. The van der Waals surface area contributed by atoms with Crippen molar-refractivity contribution < 1.29 is 14.4 Å². The van der Waals surface area contributed by atoms with Crippen LogP contribution < -0.4 is 5.46 Å². The highest BCUT2D eigenvalue weighted by molar-refractivity contribution is 6.58. The smallest absolute Gasteiger partial charge is 0.423 e. The molecule has 0 fully saturated rings. The Morgan fingerprint density at radius 2 is 2.07 bits per heavy atom. The summed E-state index contributed by atoms with van der Waals surface area (Å²) in [6.45, 7) is 0. The van der Waals surface area contributed by atoms with Crippen molar-refractivity contribution in [1.82, 2.24) is 0 Å². The molecule has 0 aromatic heterocycles. The molecule has 14 heavy (non-hydrogen) atoms. The van der Waals surface area contributed by atoms with E-state index < -0.39 is 12.9 Å². The lowest BCUT2D eigenvalue weighted by molar-refractivity contribution is 0.423. The molecule has 0 unspecified atom stereocenters. The first-order valence-electron chi connectivity index (χ1n) is 4.35. The first kappa shape index (κ1) is 11.5. The molecule has 2 nitrogen and oxygen atoms in total. The average Bonchev–Trinajstić information content (AvgIpc) is 2.16. The molecule has 1 aromatic carbocycles. The second-order valence-corrected chi connectivity index (χ2v) is 3.40. The van der Waals surface area contributed by atoms with Gasteiger partial charge in [-0.3, -0.25) is 0 Å². The first-order valence-corrected chi connectivity index (χ1v) is 4.89. The topological polar surface area (TPSA) is 40.5 Å². The molecular formula is C9H11BClFO2. The van der Waals surface area contributed by atoms with Gasteiger partial charge in [0.25, 0.3) is 0 Å². The molecule has 0 atom stereocenters. The van der Waals surface area contributed by atoms with E-state index in [2.05, 4.69) is 0 Å². The highest BCUT2D eigenvalue weighted by Crippen LogP contribution is 2.05. The average molecular weight is 216 g/mol. The van der Waals surface area contributed by atoms with Crippen molar-refractivity contribution in [2.24, 2.45) is 0 Å². The summed E-state index contributed by atoms with van der Waals surface area (Å²) in [5, 5.41) is 17.7. The van der Waals surface area contributed by atoms with Gasteiger partial charge in [0, 0.05) is 11.3 Å². The first-order chi connectivity index (χ1) is 6.65. The number of rotatable bonds is 4. The van der Waals surface area contributed by atoms with Crippen LogP contribution in [0.1, 0.15) is 12.0 Å². The van der Waals surface area contributed by atoms with Crippen LogP contribution in [-0.2, 0) is 6.42 Å². The quantitative estimate of drug-likeness (QED) is 0.574. The molecule has 0 aliphatic rings. The van der Waals surface area contributed by atoms with Gasteiger partial charge in [-0.15, -0.1) is 11.6 Å². The van der Waals surface area contributed by atoms with Crippen LogP contribution >= 0.6 is 11.6 Å². The Bertz CT molecular complexity index is 307. The van der Waals surface area contributed by atoms with Gasteiger partial charge in [-0.25, -0.2) is 4.39 Å². The van der Waals surface area contributed by atoms with Crippen LogP contribution in [0.15, 0.2) is 18.2 Å². The van der Waals surface area contributed by atoms with Crippen molar-refractivity contribution in [2.45, 2.75) is 12.8 Å². The van der Waals surface area contributed by atoms with Gasteiger partial charge in [-0.2, -0.15) is 0 Å². The largest absolute Gasteiger partial charge is 0.491 e. The minimum absolute atomic E-state index is 0.0860. The predicted octanol–water partition coefficient (Wildman–Crippen LogP) is 0.677. The maximum atomic E-state index is 13.0. The van der Waals surface area contributed by atoms with E-state index in [0.29, 0.717) is 12.3 Å². The van der Waals surface area contributed by atoms with Gasteiger partial charge in [-0.1, -0.05) is 12.1 Å². The Hall–Kier alpha value is -0.575. The third kappa shape index (κ3) is 2.98. The molecule has 0 spiro atoms. The molecular weight excluding hydrogens is 205 g/mol. The molecule has 0 radical (unpaired) electrons. The predicted molar refractivity (Wildman–Crippen MR) is 55.3 cm³/mol. The third-order valence-corrected chi connectivity index (χ3v) is 2.20. The fourth-order valence-electron chi connectivity index (χ4n) is 1.22. The van der Waals surface area contributed by atoms with Gasteiger partial charge in [0.05, 0.1) is 0 Å². The summed E-state index contributed by atoms with van der Waals surface area (Å²) in [6, 6.07) is 4.30. The molecule has 1 rings (SSSR count). The zero-order valence-corrected chi connectivity index (χ0v) is 8.34. The van der Waals surface area contributed by atoms with Gasteiger partial charge >= 0.3 is 7.12 Å². The van der Waals surface area contributed by atoms with Crippen LogP contribution in [0.5, 0.6) is 0 Å². The lowest BCUT2D eigenvalue weighted by Crippen LogP contribution is -2.33. The van der Waals surface area contributed by atoms with E-state index in [1.165, 1.54) is 12.1 Å². The van der Waals surface area contributed by atoms with E-state index in [1.54, 1.807) is 6.07 Å². The lowest BCUT2D eigenvalue weighted by Gasteiger charge is -2.05. The van der Waals surface area contributed by atoms with Crippen LogP contribution in [0.2, 0.25) is 0 Å². The summed E-state index contributed by atoms with van der Waals surface area (Å²) in [4.78, 5) is 0. The summed E-state index contributed by atoms with van der Waals surface area (Å²) < 4.78 is 13.0. The lowest BCUT2D eigenvalue weighted by atomic mass is 9.79. The fourth-order valence-corrected chi connectivity index (χ4v) is 1.35. The number of benzene rings is 1. The molecule has 2 N–H and O–H groups in total. The molecule has 1 aromatic rings. The van der Waals surface area contributed by atoms with Crippen LogP contribution in [0.3, 0.4) is 0 Å². The zero-order chi connectivity index (χ0) is 10.6. The van der Waals surface area contributed by atoms with Crippen molar-refractivity contribution in [3.8, 4) is 0 Å². The summed E-state index contributed by atoms with van der Waals surface area (Å²) >= 11 is 5.51. The third-order valence-electron chi connectivity index (χ3n) is 1.94. The van der Waals surface area contributed by atoms with E-state index >= 15 is 0 Å². The molecule has 0 aliphatic heterocycles. The summed E-state index contributed by atoms with van der Waals surface area (Å²) in [7, 11) is -1.76. The molecule has 0 saturated heterocycles. The van der Waals surface area contributed by atoms with Crippen molar-refractivity contribution in [1.29, 1.82) is 0 Å². The van der Waals surface area contributed by atoms with Gasteiger partial charge in [-0.05, 0) is 24.5 Å². The van der Waals surface area contributed by atoms with Crippen molar-refractivity contribution in [3.63, 3.8) is 0 Å². The second-order valence-electron chi connectivity index (χ2n) is 3.02. The fraction of sp³-hybridized carbons (Fsp3) is 0.333. The molecule has 0 heterocycles. The highest BCUT2D eigenvalue weighted by atomic mass is 35.5. The SMILES string of the molecule is OB(O)c1cc(CCCCl)ccc1F. The van der Waals surface area contributed by atoms with Crippen LogP contribution in [0.4, 0.5) is 4.39 Å². The Balaban J connectivity index is 2.83. The standard InChI is InChI=1S/C9H11BClFO2/c11-5-1-2-7-3-4-9(12)8(6-7)10(13)14/h3-4,6,13-14H,1-2,5H2. The van der Waals surface area contributed by atoms with Gasteiger partial charge in [0.2, 0.25) is 0 Å². The number of hydrogen-bond donors (Lipinski definition) is 2. The Labute approximate surface area is 87.5 Å². The van der Waals surface area contributed by atoms with Gasteiger partial charge in [0.15, 0.2) is 0 Å². The minimum atomic E-state index is -1.76. The molecule has 0 bridgehead atoms. The molecule has 0 amide bonds. The van der Waals surface area contributed by atoms with Crippen LogP contribution in [0, 0.1) is 5.82 Å². The minimum Gasteiger partial charge on any atom is -0.423 e. The molecule has 5 heteroatoms. The number of hydrogen-bond acceptors (Lipinski definition) is 2. The van der Waals surface area contributed by atoms with Crippen LogP contribution in [-0.4, -0.2) is 23.0 Å². The van der Waals surface area contributed by atoms with E-state index in [-0.39, 0.29) is 5.46 Å². The maximum absolute atomic E-state index is 13.0. The van der Waals surface area contributed by atoms with E-state index in [1.807, 2.05) is 0 Å². The summed E-state index contributed by atoms with van der Waals surface area (Å²) in [6.07, 6.45) is 1.50. The number of alkyl halides is 1. The summed E-state index contributed by atoms with van der Waals surface area (Å²) in [5.41, 5.74) is 0.771. The Kier molecular flexibility index (Phi) is 4.39. The number of aryl methyl sites for hydroxylation is 1. The number of halogens is 2. The van der Waals surface area contributed by atoms with Crippen molar-refractivity contribution >= 4 is 24.2 Å². The van der Waals surface area contributed by atoms with E-state index in [0.717, 1.165) is 12.0 Å².